The van der Waals surface area contributed by atoms with Crippen LogP contribution in [0.25, 0.3) is 0 Å². The Morgan fingerprint density at radius 1 is 1.29 bits per heavy atom. The van der Waals surface area contributed by atoms with Crippen molar-refractivity contribution in [3.63, 3.8) is 0 Å². The summed E-state index contributed by atoms with van der Waals surface area (Å²) in [6.45, 7) is 15.9. The Hall–Kier alpha value is -1.89. The zero-order valence-electron chi connectivity index (χ0n) is 10.6. The van der Waals surface area contributed by atoms with E-state index in [1.807, 2.05) is 24.3 Å². The molecule has 0 saturated heterocycles. The lowest BCUT2D eigenvalue weighted by Gasteiger charge is -2.27. The number of pyridine rings is 1. The third kappa shape index (κ3) is 2.82. The zero-order chi connectivity index (χ0) is 12.9. The predicted octanol–water partition coefficient (Wildman–Crippen LogP) is 4.21. The number of hydrogen-bond acceptors (Lipinski definition) is 1. The van der Waals surface area contributed by atoms with Crippen LogP contribution in [0.15, 0.2) is 73.5 Å². The predicted molar refractivity (Wildman–Crippen MR) is 74.9 cm³/mol. The lowest BCUT2D eigenvalue weighted by atomic mass is 9.78. The van der Waals surface area contributed by atoms with E-state index in [1.54, 1.807) is 18.3 Å². The van der Waals surface area contributed by atoms with Crippen molar-refractivity contribution in [1.29, 1.82) is 0 Å². The molecular weight excluding hydrogens is 206 g/mol. The van der Waals surface area contributed by atoms with Gasteiger partial charge in [0.15, 0.2) is 0 Å². The second-order valence-corrected chi connectivity index (χ2v) is 4.38. The first-order valence-corrected chi connectivity index (χ1v) is 5.60. The van der Waals surface area contributed by atoms with E-state index < -0.39 is 0 Å². The molecule has 88 valence electrons. The van der Waals surface area contributed by atoms with Crippen molar-refractivity contribution in [3.8, 4) is 0 Å². The Bertz CT molecular complexity index is 450. The molecule has 1 heteroatoms. The first kappa shape index (κ1) is 13.2. The highest BCUT2D eigenvalue weighted by atomic mass is 14.7. The van der Waals surface area contributed by atoms with Gasteiger partial charge in [-0.15, -0.1) is 0 Å². The van der Waals surface area contributed by atoms with Crippen molar-refractivity contribution in [2.45, 2.75) is 19.3 Å². The minimum Gasteiger partial charge on any atom is -0.260 e. The molecule has 17 heavy (non-hydrogen) atoms. The van der Waals surface area contributed by atoms with E-state index >= 15 is 0 Å². The van der Waals surface area contributed by atoms with Crippen LogP contribution < -0.4 is 0 Å². The van der Waals surface area contributed by atoms with Gasteiger partial charge in [0, 0.05) is 11.6 Å². The Labute approximate surface area is 104 Å². The third-order valence-corrected chi connectivity index (χ3v) is 2.93. The van der Waals surface area contributed by atoms with E-state index in [2.05, 4.69) is 38.6 Å². The molecule has 0 aliphatic carbocycles. The fraction of sp³-hybridized carbons (Fsp3) is 0.188. The van der Waals surface area contributed by atoms with Crippen molar-refractivity contribution < 1.29 is 0 Å². The first-order valence-electron chi connectivity index (χ1n) is 5.60. The highest BCUT2D eigenvalue weighted by Gasteiger charge is 2.26. The van der Waals surface area contributed by atoms with Gasteiger partial charge in [0.2, 0.25) is 0 Å². The average molecular weight is 225 g/mol. The largest absolute Gasteiger partial charge is 0.260 e. The summed E-state index contributed by atoms with van der Waals surface area (Å²) >= 11 is 0. The van der Waals surface area contributed by atoms with Crippen LogP contribution in [0.2, 0.25) is 0 Å². The monoisotopic (exact) mass is 225 g/mol. The van der Waals surface area contributed by atoms with E-state index in [9.17, 15) is 0 Å². The van der Waals surface area contributed by atoms with Gasteiger partial charge in [-0.05, 0) is 23.3 Å². The lowest BCUT2D eigenvalue weighted by molar-refractivity contribution is 0.612. The number of hydrogen-bond donors (Lipinski definition) is 0. The fourth-order valence-electron chi connectivity index (χ4n) is 1.67. The third-order valence-electron chi connectivity index (χ3n) is 2.93. The maximum Gasteiger partial charge on any atom is 0.0503 e. The lowest BCUT2D eigenvalue weighted by Crippen LogP contribution is -2.22. The van der Waals surface area contributed by atoms with Crippen molar-refractivity contribution in [2.75, 3.05) is 0 Å². The fourth-order valence-corrected chi connectivity index (χ4v) is 1.67. The van der Waals surface area contributed by atoms with Gasteiger partial charge in [0.25, 0.3) is 0 Å². The summed E-state index contributed by atoms with van der Waals surface area (Å²) in [7, 11) is 0. The van der Waals surface area contributed by atoms with Gasteiger partial charge in [0.1, 0.15) is 0 Å². The summed E-state index contributed by atoms with van der Waals surface area (Å²) in [6.07, 6.45) is 7.26. The molecule has 0 unspecified atom stereocenters. The molecule has 1 aromatic heterocycles. The van der Waals surface area contributed by atoms with Crippen molar-refractivity contribution in [3.05, 3.63) is 79.2 Å². The Kier molecular flexibility index (Phi) is 4.22. The molecule has 0 saturated carbocycles. The molecule has 1 rings (SSSR count). The topological polar surface area (TPSA) is 12.9 Å². The summed E-state index contributed by atoms with van der Waals surface area (Å²) in [5, 5.41) is 0. The molecule has 1 aromatic rings. The number of rotatable bonds is 5. The quantitative estimate of drug-likeness (QED) is 0.684. The minimum absolute atomic E-state index is 0.218. The van der Waals surface area contributed by atoms with Crippen LogP contribution in [-0.4, -0.2) is 4.98 Å². The average Bonchev–Trinajstić information content (AvgIpc) is 2.36. The van der Waals surface area contributed by atoms with E-state index in [1.165, 1.54) is 0 Å². The summed E-state index contributed by atoms with van der Waals surface area (Å²) in [4.78, 5) is 4.40. The standard InChI is InChI=1S/C16H19N/c1-6-10-14(7-2)13(3)16(4,5)15-11-8-9-12-17-15/h6-12H,1-3H2,4-5H3/b14-10+. The van der Waals surface area contributed by atoms with Gasteiger partial charge >= 0.3 is 0 Å². The molecule has 0 aromatic carbocycles. The zero-order valence-corrected chi connectivity index (χ0v) is 10.6. The molecule has 0 radical (unpaired) electrons. The molecular formula is C16H19N. The minimum atomic E-state index is -0.218. The van der Waals surface area contributed by atoms with Gasteiger partial charge in [0.05, 0.1) is 5.69 Å². The highest BCUT2D eigenvalue weighted by molar-refractivity contribution is 5.47. The molecule has 0 N–H and O–H groups in total. The van der Waals surface area contributed by atoms with Crippen LogP contribution in [-0.2, 0) is 5.41 Å². The van der Waals surface area contributed by atoms with Crippen LogP contribution in [0.4, 0.5) is 0 Å². The van der Waals surface area contributed by atoms with Gasteiger partial charge in [-0.3, -0.25) is 4.98 Å². The Balaban J connectivity index is 3.14. The van der Waals surface area contributed by atoms with Crippen LogP contribution in [0, 0.1) is 0 Å². The van der Waals surface area contributed by atoms with Crippen molar-refractivity contribution >= 4 is 0 Å². The SMILES string of the molecule is C=C/C=C(\C=C)C(=C)C(C)(C)c1ccccn1. The van der Waals surface area contributed by atoms with E-state index in [4.69, 9.17) is 0 Å². The van der Waals surface area contributed by atoms with Gasteiger partial charge in [-0.2, -0.15) is 0 Å². The number of aromatic nitrogens is 1. The van der Waals surface area contributed by atoms with Crippen molar-refractivity contribution in [2.24, 2.45) is 0 Å². The molecule has 0 fully saturated rings. The molecule has 0 aliphatic heterocycles. The smallest absolute Gasteiger partial charge is 0.0503 e. The number of nitrogens with zero attached hydrogens (tertiary/aromatic N) is 1. The summed E-state index contributed by atoms with van der Waals surface area (Å²) in [6, 6.07) is 5.91. The second-order valence-electron chi connectivity index (χ2n) is 4.38. The molecule has 1 nitrogen and oxygen atoms in total. The summed E-state index contributed by atoms with van der Waals surface area (Å²) in [5.74, 6) is 0. The maximum absolute atomic E-state index is 4.40. The Morgan fingerprint density at radius 2 is 2.00 bits per heavy atom. The molecule has 0 amide bonds. The summed E-state index contributed by atoms with van der Waals surface area (Å²) in [5.41, 5.74) is 2.77. The number of allylic oxidation sites excluding steroid dienone is 5. The van der Waals surface area contributed by atoms with Gasteiger partial charge < -0.3 is 0 Å². The van der Waals surface area contributed by atoms with Crippen LogP contribution in [0.3, 0.4) is 0 Å². The molecule has 0 atom stereocenters. The molecule has 1 heterocycles. The molecule has 0 bridgehead atoms. The van der Waals surface area contributed by atoms with E-state index in [0.29, 0.717) is 0 Å². The van der Waals surface area contributed by atoms with E-state index in [-0.39, 0.29) is 5.41 Å². The van der Waals surface area contributed by atoms with Crippen molar-refractivity contribution in [1.82, 2.24) is 4.98 Å². The Morgan fingerprint density at radius 3 is 2.47 bits per heavy atom. The van der Waals surface area contributed by atoms with Crippen LogP contribution >= 0.6 is 0 Å². The first-order chi connectivity index (χ1) is 8.04. The summed E-state index contributed by atoms with van der Waals surface area (Å²) < 4.78 is 0. The molecule has 0 spiro atoms. The van der Waals surface area contributed by atoms with Gasteiger partial charge in [-0.25, -0.2) is 0 Å². The van der Waals surface area contributed by atoms with E-state index in [0.717, 1.165) is 16.8 Å². The molecule has 0 aliphatic rings. The van der Waals surface area contributed by atoms with Crippen LogP contribution in [0.1, 0.15) is 19.5 Å². The van der Waals surface area contributed by atoms with Gasteiger partial charge in [-0.1, -0.05) is 57.9 Å². The maximum atomic E-state index is 4.40. The van der Waals surface area contributed by atoms with Crippen LogP contribution in [0.5, 0.6) is 0 Å². The highest BCUT2D eigenvalue weighted by Crippen LogP contribution is 2.33. The second kappa shape index (κ2) is 5.44. The normalized spacial score (nSPS) is 12.0.